The minimum Gasteiger partial charge on any atom is -0.396 e. The van der Waals surface area contributed by atoms with E-state index in [4.69, 9.17) is 5.11 Å². The van der Waals surface area contributed by atoms with E-state index in [9.17, 15) is 0 Å². The van der Waals surface area contributed by atoms with Gasteiger partial charge in [-0.15, -0.1) is 0 Å². The number of aliphatic hydroxyl groups excluding tert-OH is 1. The Morgan fingerprint density at radius 2 is 2.33 bits per heavy atom. The van der Waals surface area contributed by atoms with Gasteiger partial charge in [-0.25, -0.2) is 0 Å². The molecule has 0 saturated heterocycles. The predicted molar refractivity (Wildman–Crippen MR) is 38.2 cm³/mol. The molecule has 2 atom stereocenters. The van der Waals surface area contributed by atoms with Crippen molar-refractivity contribution in [2.45, 2.75) is 33.1 Å². The van der Waals surface area contributed by atoms with Crippen LogP contribution in [0.1, 0.15) is 33.1 Å². The highest BCUT2D eigenvalue weighted by Crippen LogP contribution is 2.41. The summed E-state index contributed by atoms with van der Waals surface area (Å²) < 4.78 is 0. The number of rotatable bonds is 1. The van der Waals surface area contributed by atoms with Crippen LogP contribution in [0.4, 0.5) is 0 Å². The van der Waals surface area contributed by atoms with Gasteiger partial charge in [0.05, 0.1) is 0 Å². The fraction of sp³-hybridized carbons (Fsp3) is 1.00. The summed E-state index contributed by atoms with van der Waals surface area (Å²) in [5.41, 5.74) is 0.250. The van der Waals surface area contributed by atoms with E-state index >= 15 is 0 Å². The molecular weight excluding hydrogens is 112 g/mol. The van der Waals surface area contributed by atoms with Gasteiger partial charge in [0.15, 0.2) is 0 Å². The van der Waals surface area contributed by atoms with Crippen molar-refractivity contribution in [1.82, 2.24) is 0 Å². The molecule has 0 unspecified atom stereocenters. The molecule has 1 saturated carbocycles. The van der Waals surface area contributed by atoms with Crippen LogP contribution in [0.3, 0.4) is 0 Å². The minimum absolute atomic E-state index is 0.250. The van der Waals surface area contributed by atoms with Gasteiger partial charge in [-0.1, -0.05) is 26.7 Å². The quantitative estimate of drug-likeness (QED) is 0.571. The summed E-state index contributed by atoms with van der Waals surface area (Å²) in [6.45, 7) is 4.79. The van der Waals surface area contributed by atoms with Gasteiger partial charge in [-0.3, -0.25) is 0 Å². The fourth-order valence-corrected chi connectivity index (χ4v) is 1.64. The molecule has 0 spiro atoms. The lowest BCUT2D eigenvalue weighted by Gasteiger charge is -2.25. The SMILES string of the molecule is C[C@@H]1CCC[C@]1(C)CO. The second-order valence-electron chi connectivity index (χ2n) is 3.61. The van der Waals surface area contributed by atoms with E-state index in [1.165, 1.54) is 19.3 Å². The highest BCUT2D eigenvalue weighted by molar-refractivity contribution is 4.84. The van der Waals surface area contributed by atoms with Crippen LogP contribution in [0.15, 0.2) is 0 Å². The Hall–Kier alpha value is -0.0400. The van der Waals surface area contributed by atoms with Gasteiger partial charge in [-0.05, 0) is 17.8 Å². The lowest BCUT2D eigenvalue weighted by Crippen LogP contribution is -2.23. The van der Waals surface area contributed by atoms with E-state index < -0.39 is 0 Å². The third kappa shape index (κ3) is 1.11. The molecule has 1 nitrogen and oxygen atoms in total. The molecule has 0 amide bonds. The molecule has 0 radical (unpaired) electrons. The molecule has 0 bridgehead atoms. The van der Waals surface area contributed by atoms with E-state index in [-0.39, 0.29) is 5.41 Å². The zero-order valence-corrected chi connectivity index (χ0v) is 6.35. The van der Waals surface area contributed by atoms with Crippen molar-refractivity contribution < 1.29 is 5.11 Å². The summed E-state index contributed by atoms with van der Waals surface area (Å²) in [4.78, 5) is 0. The van der Waals surface area contributed by atoms with Crippen molar-refractivity contribution in [3.05, 3.63) is 0 Å². The molecule has 1 aliphatic rings. The van der Waals surface area contributed by atoms with Crippen LogP contribution in [0, 0.1) is 11.3 Å². The largest absolute Gasteiger partial charge is 0.396 e. The predicted octanol–water partition coefficient (Wildman–Crippen LogP) is 1.81. The first kappa shape index (κ1) is 7.07. The topological polar surface area (TPSA) is 20.2 Å². The van der Waals surface area contributed by atoms with Gasteiger partial charge in [0.25, 0.3) is 0 Å². The molecule has 0 aromatic carbocycles. The van der Waals surface area contributed by atoms with Crippen molar-refractivity contribution >= 4 is 0 Å². The molecule has 9 heavy (non-hydrogen) atoms. The standard InChI is InChI=1S/C8H16O/c1-7-4-3-5-8(7,2)6-9/h7,9H,3-6H2,1-2H3/t7-,8-/m1/s1. The summed E-state index contributed by atoms with van der Waals surface area (Å²) in [6, 6.07) is 0. The van der Waals surface area contributed by atoms with Crippen LogP contribution >= 0.6 is 0 Å². The Balaban J connectivity index is 2.56. The molecule has 1 fully saturated rings. The third-order valence-electron chi connectivity index (χ3n) is 2.94. The maximum Gasteiger partial charge on any atom is 0.0487 e. The highest BCUT2D eigenvalue weighted by atomic mass is 16.3. The second kappa shape index (κ2) is 2.30. The molecule has 54 valence electrons. The molecule has 1 aliphatic carbocycles. The summed E-state index contributed by atoms with van der Waals surface area (Å²) >= 11 is 0. The summed E-state index contributed by atoms with van der Waals surface area (Å²) in [5, 5.41) is 9.00. The number of hydrogen-bond donors (Lipinski definition) is 1. The Morgan fingerprint density at radius 1 is 1.67 bits per heavy atom. The van der Waals surface area contributed by atoms with Crippen molar-refractivity contribution in [2.75, 3.05) is 6.61 Å². The molecule has 0 aliphatic heterocycles. The monoisotopic (exact) mass is 128 g/mol. The van der Waals surface area contributed by atoms with Crippen LogP contribution in [0.2, 0.25) is 0 Å². The Bertz CT molecular complexity index is 101. The van der Waals surface area contributed by atoms with Crippen LogP contribution < -0.4 is 0 Å². The summed E-state index contributed by atoms with van der Waals surface area (Å²) in [6.07, 6.45) is 3.82. The average molecular weight is 128 g/mol. The number of hydrogen-bond acceptors (Lipinski definition) is 1. The van der Waals surface area contributed by atoms with Crippen molar-refractivity contribution in [2.24, 2.45) is 11.3 Å². The smallest absolute Gasteiger partial charge is 0.0487 e. The first-order valence-corrected chi connectivity index (χ1v) is 3.80. The van der Waals surface area contributed by atoms with Crippen molar-refractivity contribution in [3.63, 3.8) is 0 Å². The van der Waals surface area contributed by atoms with E-state index in [2.05, 4.69) is 13.8 Å². The second-order valence-corrected chi connectivity index (χ2v) is 3.61. The maximum absolute atomic E-state index is 9.00. The molecule has 1 heteroatoms. The first-order valence-electron chi connectivity index (χ1n) is 3.80. The third-order valence-corrected chi connectivity index (χ3v) is 2.94. The Kier molecular flexibility index (Phi) is 1.80. The van der Waals surface area contributed by atoms with Crippen LogP contribution in [-0.2, 0) is 0 Å². The van der Waals surface area contributed by atoms with Crippen LogP contribution in [0.5, 0.6) is 0 Å². The van der Waals surface area contributed by atoms with E-state index in [0.29, 0.717) is 6.61 Å². The van der Waals surface area contributed by atoms with Crippen LogP contribution in [0.25, 0.3) is 0 Å². The van der Waals surface area contributed by atoms with Gasteiger partial charge in [0.1, 0.15) is 0 Å². The van der Waals surface area contributed by atoms with Gasteiger partial charge in [-0.2, -0.15) is 0 Å². The molecule has 1 rings (SSSR count). The van der Waals surface area contributed by atoms with Crippen LogP contribution in [-0.4, -0.2) is 11.7 Å². The van der Waals surface area contributed by atoms with Gasteiger partial charge < -0.3 is 5.11 Å². The summed E-state index contributed by atoms with van der Waals surface area (Å²) in [5.74, 6) is 0.725. The van der Waals surface area contributed by atoms with E-state index in [0.717, 1.165) is 5.92 Å². The number of aliphatic hydroxyl groups is 1. The molecule has 0 aromatic heterocycles. The normalized spacial score (nSPS) is 43.7. The minimum atomic E-state index is 0.250. The van der Waals surface area contributed by atoms with E-state index in [1.807, 2.05) is 0 Å². The summed E-state index contributed by atoms with van der Waals surface area (Å²) in [7, 11) is 0. The zero-order valence-electron chi connectivity index (χ0n) is 6.35. The molecular formula is C8H16O. The van der Waals surface area contributed by atoms with Crippen molar-refractivity contribution in [3.8, 4) is 0 Å². The Labute approximate surface area is 57.1 Å². The lowest BCUT2D eigenvalue weighted by molar-refractivity contribution is 0.110. The van der Waals surface area contributed by atoms with Gasteiger partial charge in [0, 0.05) is 6.61 Å². The fourth-order valence-electron chi connectivity index (χ4n) is 1.64. The molecule has 1 N–H and O–H groups in total. The first-order chi connectivity index (χ1) is 4.19. The van der Waals surface area contributed by atoms with E-state index in [1.54, 1.807) is 0 Å². The zero-order chi connectivity index (χ0) is 6.91. The van der Waals surface area contributed by atoms with Gasteiger partial charge >= 0.3 is 0 Å². The van der Waals surface area contributed by atoms with Gasteiger partial charge in [0.2, 0.25) is 0 Å². The maximum atomic E-state index is 9.00. The van der Waals surface area contributed by atoms with Crippen molar-refractivity contribution in [1.29, 1.82) is 0 Å². The lowest BCUT2D eigenvalue weighted by atomic mass is 9.82. The molecule has 0 aromatic rings. The molecule has 0 heterocycles. The Morgan fingerprint density at radius 3 is 2.56 bits per heavy atom. The average Bonchev–Trinajstić information content (AvgIpc) is 2.15. The highest BCUT2D eigenvalue weighted by Gasteiger charge is 2.34.